The average Bonchev–Trinajstić information content (AvgIpc) is 3.45. The van der Waals surface area contributed by atoms with Gasteiger partial charge >= 0.3 is 6.18 Å². The van der Waals surface area contributed by atoms with Crippen LogP contribution < -0.4 is 4.74 Å². The Hall–Kier alpha value is -3.89. The molecule has 4 aromatic rings. The van der Waals surface area contributed by atoms with Gasteiger partial charge in [-0.2, -0.15) is 13.2 Å². The van der Waals surface area contributed by atoms with Gasteiger partial charge in [-0.05, 0) is 72.8 Å². The SMILES string of the molecule is COc1ccc(CN2CCC(c3ccc4cc(C(=O)N5CCN(Cc6ccc(C(F)(F)F)cc6)CC5)[nH]c4c3)CC2)cn1. The average molecular weight is 592 g/mol. The van der Waals surface area contributed by atoms with Crippen LogP contribution in [0.1, 0.15) is 51.5 Å². The van der Waals surface area contributed by atoms with E-state index >= 15 is 0 Å². The number of methoxy groups -OCH3 is 1. The lowest BCUT2D eigenvalue weighted by Crippen LogP contribution is -2.48. The molecule has 2 fully saturated rings. The lowest BCUT2D eigenvalue weighted by molar-refractivity contribution is -0.137. The van der Waals surface area contributed by atoms with E-state index in [2.05, 4.69) is 44.0 Å². The van der Waals surface area contributed by atoms with Crippen LogP contribution in [0.3, 0.4) is 0 Å². The maximum absolute atomic E-state index is 13.3. The number of hydrogen-bond acceptors (Lipinski definition) is 5. The molecule has 4 heterocycles. The lowest BCUT2D eigenvalue weighted by Gasteiger charge is -2.34. The first kappa shape index (κ1) is 29.2. The van der Waals surface area contributed by atoms with Crippen LogP contribution in [0.25, 0.3) is 10.9 Å². The number of fused-ring (bicyclic) bond motifs is 1. The zero-order chi connectivity index (χ0) is 30.0. The van der Waals surface area contributed by atoms with E-state index < -0.39 is 11.7 Å². The monoisotopic (exact) mass is 591 g/mol. The molecule has 1 amide bonds. The number of nitrogens with one attached hydrogen (secondary N) is 1. The molecule has 6 rings (SSSR count). The number of benzene rings is 2. The highest BCUT2D eigenvalue weighted by Crippen LogP contribution is 2.32. The Bertz CT molecular complexity index is 1540. The Kier molecular flexibility index (Phi) is 8.41. The summed E-state index contributed by atoms with van der Waals surface area (Å²) >= 11 is 0. The number of nitrogens with zero attached hydrogens (tertiary/aromatic N) is 4. The molecule has 10 heteroatoms. The second kappa shape index (κ2) is 12.4. The quantitative estimate of drug-likeness (QED) is 0.289. The summed E-state index contributed by atoms with van der Waals surface area (Å²) in [4.78, 5) is 27.5. The van der Waals surface area contributed by atoms with Crippen molar-refractivity contribution in [1.29, 1.82) is 0 Å². The van der Waals surface area contributed by atoms with Crippen LogP contribution in [-0.2, 0) is 19.3 Å². The fourth-order valence-electron chi connectivity index (χ4n) is 6.16. The van der Waals surface area contributed by atoms with Crippen LogP contribution in [-0.4, -0.2) is 77.0 Å². The number of piperidine rings is 1. The predicted molar refractivity (Wildman–Crippen MR) is 159 cm³/mol. The van der Waals surface area contributed by atoms with Gasteiger partial charge in [-0.15, -0.1) is 0 Å². The number of aromatic amines is 1. The first-order valence-corrected chi connectivity index (χ1v) is 14.8. The summed E-state index contributed by atoms with van der Waals surface area (Å²) in [6.07, 6.45) is -0.285. The Morgan fingerprint density at radius 2 is 1.56 bits per heavy atom. The number of pyridine rings is 1. The summed E-state index contributed by atoms with van der Waals surface area (Å²) in [5.41, 5.74) is 4.25. The van der Waals surface area contributed by atoms with Crippen LogP contribution in [0.15, 0.2) is 66.9 Å². The summed E-state index contributed by atoms with van der Waals surface area (Å²) < 4.78 is 43.7. The number of likely N-dealkylation sites (tertiary alicyclic amines) is 1. The maximum Gasteiger partial charge on any atom is 0.416 e. The Morgan fingerprint density at radius 3 is 2.21 bits per heavy atom. The van der Waals surface area contributed by atoms with Gasteiger partial charge in [0.1, 0.15) is 5.69 Å². The van der Waals surface area contributed by atoms with E-state index in [1.54, 1.807) is 7.11 Å². The van der Waals surface area contributed by atoms with Gasteiger partial charge in [0, 0.05) is 62.4 Å². The molecule has 226 valence electrons. The number of amides is 1. The first-order chi connectivity index (χ1) is 20.7. The van der Waals surface area contributed by atoms with Gasteiger partial charge in [-0.25, -0.2) is 4.98 Å². The van der Waals surface area contributed by atoms with Crippen molar-refractivity contribution in [2.75, 3.05) is 46.4 Å². The number of carbonyl (C=O) groups is 1. The maximum atomic E-state index is 13.3. The van der Waals surface area contributed by atoms with Gasteiger partial charge in [-0.3, -0.25) is 14.6 Å². The molecule has 7 nitrogen and oxygen atoms in total. The highest BCUT2D eigenvalue weighted by atomic mass is 19.4. The van der Waals surface area contributed by atoms with Crippen molar-refractivity contribution in [3.63, 3.8) is 0 Å². The third kappa shape index (κ3) is 6.86. The zero-order valence-corrected chi connectivity index (χ0v) is 24.2. The molecule has 2 aliphatic rings. The van der Waals surface area contributed by atoms with Crippen molar-refractivity contribution in [1.82, 2.24) is 24.7 Å². The smallest absolute Gasteiger partial charge is 0.416 e. The number of hydrogen-bond donors (Lipinski definition) is 1. The molecule has 0 spiro atoms. The van der Waals surface area contributed by atoms with Gasteiger partial charge < -0.3 is 14.6 Å². The molecule has 0 aliphatic carbocycles. The fourth-order valence-corrected chi connectivity index (χ4v) is 6.16. The van der Waals surface area contributed by atoms with E-state index in [-0.39, 0.29) is 5.91 Å². The van der Waals surface area contributed by atoms with Gasteiger partial charge in [0.05, 0.1) is 12.7 Å². The zero-order valence-electron chi connectivity index (χ0n) is 24.2. The molecular formula is C33H36F3N5O2. The van der Waals surface area contributed by atoms with Crippen LogP contribution in [0.2, 0.25) is 0 Å². The number of halogens is 3. The van der Waals surface area contributed by atoms with Crippen LogP contribution in [0, 0.1) is 0 Å². The summed E-state index contributed by atoms with van der Waals surface area (Å²) in [7, 11) is 1.62. The molecule has 2 aromatic heterocycles. The van der Waals surface area contributed by atoms with Crippen molar-refractivity contribution in [3.05, 3.63) is 94.8 Å². The minimum atomic E-state index is -4.33. The summed E-state index contributed by atoms with van der Waals surface area (Å²) in [6.45, 7) is 5.98. The van der Waals surface area contributed by atoms with Gasteiger partial charge in [0.15, 0.2) is 0 Å². The molecule has 1 N–H and O–H groups in total. The minimum absolute atomic E-state index is 0.0201. The van der Waals surface area contributed by atoms with E-state index in [1.165, 1.54) is 23.3 Å². The number of ether oxygens (including phenoxy) is 1. The number of rotatable bonds is 7. The molecule has 2 aromatic carbocycles. The van der Waals surface area contributed by atoms with Gasteiger partial charge in [-0.1, -0.05) is 30.3 Å². The Morgan fingerprint density at radius 1 is 0.884 bits per heavy atom. The van der Waals surface area contributed by atoms with Crippen molar-refractivity contribution < 1.29 is 22.7 Å². The largest absolute Gasteiger partial charge is 0.481 e. The number of piperazine rings is 1. The molecule has 43 heavy (non-hydrogen) atoms. The second-order valence-electron chi connectivity index (χ2n) is 11.6. The lowest BCUT2D eigenvalue weighted by atomic mass is 9.89. The van der Waals surface area contributed by atoms with Crippen molar-refractivity contribution in [2.24, 2.45) is 0 Å². The molecule has 2 aliphatic heterocycles. The molecule has 0 atom stereocenters. The number of carbonyl (C=O) groups excluding carboxylic acids is 1. The van der Waals surface area contributed by atoms with E-state index in [0.29, 0.717) is 50.2 Å². The number of aromatic nitrogens is 2. The molecule has 0 radical (unpaired) electrons. The topological polar surface area (TPSA) is 64.7 Å². The van der Waals surface area contributed by atoms with Crippen molar-refractivity contribution >= 4 is 16.8 Å². The summed E-state index contributed by atoms with van der Waals surface area (Å²) in [5.74, 6) is 1.09. The third-order valence-corrected chi connectivity index (χ3v) is 8.70. The Labute approximate surface area is 249 Å². The predicted octanol–water partition coefficient (Wildman–Crippen LogP) is 5.93. The summed E-state index contributed by atoms with van der Waals surface area (Å²) in [6, 6.07) is 17.7. The molecule has 2 saturated heterocycles. The molecule has 0 saturated carbocycles. The fraction of sp³-hybridized carbons (Fsp3) is 0.394. The van der Waals surface area contributed by atoms with E-state index in [1.807, 2.05) is 23.2 Å². The van der Waals surface area contributed by atoms with Gasteiger partial charge in [0.25, 0.3) is 5.91 Å². The van der Waals surface area contributed by atoms with Crippen molar-refractivity contribution in [3.8, 4) is 5.88 Å². The Balaban J connectivity index is 1.01. The minimum Gasteiger partial charge on any atom is -0.481 e. The molecule has 0 bridgehead atoms. The van der Waals surface area contributed by atoms with E-state index in [0.717, 1.165) is 61.1 Å². The molecule has 0 unspecified atom stereocenters. The van der Waals surface area contributed by atoms with E-state index in [4.69, 9.17) is 4.74 Å². The van der Waals surface area contributed by atoms with Crippen LogP contribution >= 0.6 is 0 Å². The first-order valence-electron chi connectivity index (χ1n) is 14.8. The standard InChI is InChI=1S/C33H36F3N5O2/c1-43-31-9-4-24(20-37-31)22-39-12-10-25(11-13-39)26-5-6-27-19-30(38-29(27)18-26)32(42)41-16-14-40(15-17-41)21-23-2-7-28(8-3-23)33(34,35)36/h2-9,18-20,25,38H,10-17,21-22H2,1H3. The number of alkyl halides is 3. The summed E-state index contributed by atoms with van der Waals surface area (Å²) in [5, 5.41) is 1.03. The molecular weight excluding hydrogens is 555 g/mol. The normalized spacial score (nSPS) is 17.4. The third-order valence-electron chi connectivity index (χ3n) is 8.70. The van der Waals surface area contributed by atoms with E-state index in [9.17, 15) is 18.0 Å². The number of H-pyrrole nitrogens is 1. The van der Waals surface area contributed by atoms with Crippen LogP contribution in [0.4, 0.5) is 13.2 Å². The van der Waals surface area contributed by atoms with Crippen molar-refractivity contribution in [2.45, 2.75) is 38.0 Å². The van der Waals surface area contributed by atoms with Gasteiger partial charge in [0.2, 0.25) is 5.88 Å². The van der Waals surface area contributed by atoms with Crippen LogP contribution in [0.5, 0.6) is 5.88 Å². The highest BCUT2D eigenvalue weighted by Gasteiger charge is 2.30. The highest BCUT2D eigenvalue weighted by molar-refractivity contribution is 5.98. The second-order valence-corrected chi connectivity index (χ2v) is 11.6.